The molecule has 1 aliphatic rings. The van der Waals surface area contributed by atoms with Gasteiger partial charge in [0.2, 0.25) is 0 Å². The van der Waals surface area contributed by atoms with E-state index in [-0.39, 0.29) is 37.1 Å². The molecule has 1 saturated carbocycles. The molecule has 5 N–H and O–H groups in total. The Labute approximate surface area is 179 Å². The van der Waals surface area contributed by atoms with E-state index in [9.17, 15) is 9.90 Å². The smallest absolute Gasteiger partial charge is 0.451 e. The lowest BCUT2D eigenvalue weighted by molar-refractivity contribution is -0.145. The van der Waals surface area contributed by atoms with Gasteiger partial charge in [0.25, 0.3) is 0 Å². The molecular weight excluding hydrogens is 406 g/mol. The third-order valence-electron chi connectivity index (χ3n) is 5.37. The summed E-state index contributed by atoms with van der Waals surface area (Å²) in [4.78, 5) is 13.5. The fourth-order valence-corrected chi connectivity index (χ4v) is 3.80. The van der Waals surface area contributed by atoms with Gasteiger partial charge in [0.15, 0.2) is 0 Å². The SMILES string of the molecule is COc1ccc(N(C)C(N)[C@H]2CCCC[C@H]2C(=O)O)cc1CCB(O)O.Cl.Cl. The van der Waals surface area contributed by atoms with Crippen molar-refractivity contribution in [1.82, 2.24) is 0 Å². The molecule has 1 fully saturated rings. The number of carbonyl (C=O) groups is 1. The molecule has 28 heavy (non-hydrogen) atoms. The number of nitrogens with zero attached hydrogens (tertiary/aromatic N) is 1. The molecule has 1 unspecified atom stereocenters. The van der Waals surface area contributed by atoms with Gasteiger partial charge in [-0.05, 0) is 49.3 Å². The molecule has 0 bridgehead atoms. The van der Waals surface area contributed by atoms with Gasteiger partial charge in [0, 0.05) is 18.7 Å². The number of nitrogens with two attached hydrogens (primary N) is 1. The van der Waals surface area contributed by atoms with Crippen molar-refractivity contribution in [3.05, 3.63) is 23.8 Å². The van der Waals surface area contributed by atoms with Crippen LogP contribution in [0.1, 0.15) is 31.2 Å². The lowest BCUT2D eigenvalue weighted by Crippen LogP contribution is -2.50. The normalized spacial score (nSPS) is 19.6. The van der Waals surface area contributed by atoms with E-state index in [1.165, 1.54) is 0 Å². The molecule has 0 heterocycles. The van der Waals surface area contributed by atoms with Gasteiger partial charge < -0.3 is 30.5 Å². The Kier molecular flexibility index (Phi) is 11.9. The number of methoxy groups -OCH3 is 1. The molecule has 0 aliphatic heterocycles. The van der Waals surface area contributed by atoms with Crippen LogP contribution in [0.4, 0.5) is 5.69 Å². The first-order valence-corrected chi connectivity index (χ1v) is 9.09. The Hall–Kier alpha value is -1.19. The van der Waals surface area contributed by atoms with E-state index in [1.54, 1.807) is 7.11 Å². The van der Waals surface area contributed by atoms with Crippen LogP contribution in [0.2, 0.25) is 6.32 Å². The third-order valence-corrected chi connectivity index (χ3v) is 5.37. The van der Waals surface area contributed by atoms with Crippen LogP contribution in [-0.2, 0) is 11.2 Å². The summed E-state index contributed by atoms with van der Waals surface area (Å²) < 4.78 is 5.35. The van der Waals surface area contributed by atoms with E-state index in [0.29, 0.717) is 18.6 Å². The van der Waals surface area contributed by atoms with Crippen LogP contribution in [-0.4, -0.2) is 48.6 Å². The number of carboxylic acids is 1. The lowest BCUT2D eigenvalue weighted by atomic mass is 9.77. The van der Waals surface area contributed by atoms with Crippen molar-refractivity contribution in [2.45, 2.75) is 44.6 Å². The third kappa shape index (κ3) is 6.70. The summed E-state index contributed by atoms with van der Waals surface area (Å²) >= 11 is 0. The van der Waals surface area contributed by atoms with Gasteiger partial charge in [-0.2, -0.15) is 0 Å². The van der Waals surface area contributed by atoms with E-state index < -0.39 is 25.2 Å². The summed E-state index contributed by atoms with van der Waals surface area (Å²) in [5, 5.41) is 27.8. The Morgan fingerprint density at radius 2 is 1.96 bits per heavy atom. The molecule has 0 radical (unpaired) electrons. The minimum atomic E-state index is -1.37. The summed E-state index contributed by atoms with van der Waals surface area (Å²) in [6, 6.07) is 5.63. The number of ether oxygens (including phenoxy) is 1. The molecule has 3 atom stereocenters. The van der Waals surface area contributed by atoms with E-state index >= 15 is 0 Å². The number of carboxylic acid groups (broad SMARTS) is 1. The molecule has 0 amide bonds. The van der Waals surface area contributed by atoms with Crippen LogP contribution < -0.4 is 15.4 Å². The molecule has 0 saturated heterocycles. The predicted octanol–water partition coefficient (Wildman–Crippen LogP) is 2.17. The molecule has 160 valence electrons. The molecule has 0 spiro atoms. The highest BCUT2D eigenvalue weighted by Crippen LogP contribution is 2.35. The Morgan fingerprint density at radius 3 is 2.54 bits per heavy atom. The maximum Gasteiger partial charge on any atom is 0.451 e. The first-order valence-electron chi connectivity index (χ1n) is 9.09. The van der Waals surface area contributed by atoms with Crippen molar-refractivity contribution < 1.29 is 24.7 Å². The van der Waals surface area contributed by atoms with Crippen molar-refractivity contribution in [2.75, 3.05) is 19.1 Å². The molecule has 1 aromatic rings. The number of hydrogen-bond acceptors (Lipinski definition) is 6. The maximum absolute atomic E-state index is 11.6. The highest BCUT2D eigenvalue weighted by Gasteiger charge is 2.36. The zero-order valence-electron chi connectivity index (χ0n) is 16.3. The second-order valence-electron chi connectivity index (χ2n) is 7.01. The van der Waals surface area contributed by atoms with Crippen LogP contribution in [0.25, 0.3) is 0 Å². The van der Waals surface area contributed by atoms with Gasteiger partial charge in [-0.25, -0.2) is 0 Å². The number of halogens is 2. The molecule has 1 aromatic carbocycles. The Balaban J connectivity index is 0.00000364. The van der Waals surface area contributed by atoms with E-state index in [1.807, 2.05) is 30.1 Å². The number of aryl methyl sites for hydroxylation is 1. The van der Waals surface area contributed by atoms with Crippen molar-refractivity contribution in [1.29, 1.82) is 0 Å². The second-order valence-corrected chi connectivity index (χ2v) is 7.01. The summed E-state index contributed by atoms with van der Waals surface area (Å²) in [5.74, 6) is -0.608. The number of rotatable bonds is 8. The van der Waals surface area contributed by atoms with Gasteiger partial charge in [-0.1, -0.05) is 12.8 Å². The summed E-state index contributed by atoms with van der Waals surface area (Å²) in [7, 11) is 2.06. The predicted molar refractivity (Wildman–Crippen MR) is 116 cm³/mol. The minimum absolute atomic E-state index is 0. The maximum atomic E-state index is 11.6. The standard InChI is InChI=1S/C18H29BN2O5.2ClH/c1-21(17(20)14-5-3-4-6-15(14)18(22)23)13-7-8-16(26-2)12(11-13)9-10-19(24)25;;/h7-8,11,14-15,17,24-25H,3-6,9-10,20H2,1-2H3,(H,22,23);2*1H/t14-,15+,17?;;/m0../s1. The summed E-state index contributed by atoms with van der Waals surface area (Å²) in [5.41, 5.74) is 8.16. The first kappa shape index (κ1) is 26.8. The average Bonchev–Trinajstić information content (AvgIpc) is 2.64. The highest BCUT2D eigenvalue weighted by molar-refractivity contribution is 6.41. The van der Waals surface area contributed by atoms with Gasteiger partial charge in [-0.15, -0.1) is 24.8 Å². The zero-order valence-corrected chi connectivity index (χ0v) is 17.9. The van der Waals surface area contributed by atoms with Crippen LogP contribution in [0.3, 0.4) is 0 Å². The monoisotopic (exact) mass is 436 g/mol. The van der Waals surface area contributed by atoms with Crippen LogP contribution >= 0.6 is 24.8 Å². The number of aliphatic carboxylic acids is 1. The first-order chi connectivity index (χ1) is 12.3. The number of benzene rings is 1. The number of anilines is 1. The quantitative estimate of drug-likeness (QED) is 0.364. The topological polar surface area (TPSA) is 116 Å². The Bertz CT molecular complexity index is 624. The molecule has 0 aromatic heterocycles. The van der Waals surface area contributed by atoms with Gasteiger partial charge in [-0.3, -0.25) is 4.79 Å². The molecule has 10 heteroatoms. The highest BCUT2D eigenvalue weighted by atomic mass is 35.5. The van der Waals surface area contributed by atoms with E-state index in [0.717, 1.165) is 30.5 Å². The lowest BCUT2D eigenvalue weighted by Gasteiger charge is -2.38. The molecular formula is C18H31BCl2N2O5. The van der Waals surface area contributed by atoms with Crippen molar-refractivity contribution in [2.24, 2.45) is 17.6 Å². The van der Waals surface area contributed by atoms with Crippen molar-refractivity contribution in [3.8, 4) is 5.75 Å². The van der Waals surface area contributed by atoms with Crippen LogP contribution in [0.5, 0.6) is 5.75 Å². The fraction of sp³-hybridized carbons (Fsp3) is 0.611. The van der Waals surface area contributed by atoms with Gasteiger partial charge in [0.05, 0.1) is 19.2 Å². The van der Waals surface area contributed by atoms with Gasteiger partial charge in [0.1, 0.15) is 5.75 Å². The fourth-order valence-electron chi connectivity index (χ4n) is 3.80. The van der Waals surface area contributed by atoms with Crippen LogP contribution in [0.15, 0.2) is 18.2 Å². The molecule has 7 nitrogen and oxygen atoms in total. The molecule has 1 aliphatic carbocycles. The van der Waals surface area contributed by atoms with E-state index in [4.69, 9.17) is 20.5 Å². The Morgan fingerprint density at radius 1 is 1.32 bits per heavy atom. The van der Waals surface area contributed by atoms with E-state index in [2.05, 4.69) is 0 Å². The number of hydrogen-bond donors (Lipinski definition) is 4. The van der Waals surface area contributed by atoms with Gasteiger partial charge >= 0.3 is 13.1 Å². The average molecular weight is 437 g/mol. The summed E-state index contributed by atoms with van der Waals surface area (Å²) in [6.07, 6.45) is 3.67. The largest absolute Gasteiger partial charge is 0.496 e. The summed E-state index contributed by atoms with van der Waals surface area (Å²) in [6.45, 7) is 0. The second kappa shape index (κ2) is 12.4. The minimum Gasteiger partial charge on any atom is -0.496 e. The van der Waals surface area contributed by atoms with Crippen molar-refractivity contribution >= 4 is 43.6 Å². The molecule has 2 rings (SSSR count). The van der Waals surface area contributed by atoms with Crippen molar-refractivity contribution in [3.63, 3.8) is 0 Å². The zero-order chi connectivity index (χ0) is 19.3. The van der Waals surface area contributed by atoms with Crippen LogP contribution in [0, 0.1) is 11.8 Å².